The van der Waals surface area contributed by atoms with Gasteiger partial charge in [-0.3, -0.25) is 4.90 Å². The monoisotopic (exact) mass is 252 g/mol. The normalized spacial score (nSPS) is 14.8. The summed E-state index contributed by atoms with van der Waals surface area (Å²) >= 11 is 0. The van der Waals surface area contributed by atoms with E-state index < -0.39 is 0 Å². The Balaban J connectivity index is 1.69. The van der Waals surface area contributed by atoms with Crippen molar-refractivity contribution in [2.45, 2.75) is 32.0 Å². The van der Waals surface area contributed by atoms with E-state index in [4.69, 9.17) is 5.73 Å². The molecule has 0 aromatic heterocycles. The smallest absolute Gasteiger partial charge is 0.0314 e. The average molecular weight is 252 g/mol. The SMILES string of the molecule is Nc1ccc(CN(Cc2ccccc2)C2CC2)cc1. The fourth-order valence-corrected chi connectivity index (χ4v) is 2.43. The highest BCUT2D eigenvalue weighted by atomic mass is 15.2. The molecule has 1 fully saturated rings. The molecule has 0 bridgehead atoms. The van der Waals surface area contributed by atoms with Gasteiger partial charge in [0.1, 0.15) is 0 Å². The topological polar surface area (TPSA) is 29.3 Å². The Morgan fingerprint density at radius 2 is 1.42 bits per heavy atom. The number of nitrogen functional groups attached to an aromatic ring is 1. The number of hydrogen-bond acceptors (Lipinski definition) is 2. The Morgan fingerprint density at radius 1 is 0.842 bits per heavy atom. The zero-order chi connectivity index (χ0) is 13.1. The van der Waals surface area contributed by atoms with E-state index in [1.165, 1.54) is 24.0 Å². The van der Waals surface area contributed by atoms with Crippen molar-refractivity contribution < 1.29 is 0 Å². The van der Waals surface area contributed by atoms with Gasteiger partial charge in [0.15, 0.2) is 0 Å². The molecule has 1 aliphatic carbocycles. The van der Waals surface area contributed by atoms with Gasteiger partial charge in [-0.05, 0) is 36.1 Å². The van der Waals surface area contributed by atoms with Gasteiger partial charge in [-0.15, -0.1) is 0 Å². The largest absolute Gasteiger partial charge is 0.399 e. The quantitative estimate of drug-likeness (QED) is 0.826. The van der Waals surface area contributed by atoms with Crippen LogP contribution in [0.2, 0.25) is 0 Å². The fraction of sp³-hybridized carbons (Fsp3) is 0.294. The number of rotatable bonds is 5. The molecule has 98 valence electrons. The summed E-state index contributed by atoms with van der Waals surface area (Å²) in [7, 11) is 0. The van der Waals surface area contributed by atoms with Crippen LogP contribution in [0, 0.1) is 0 Å². The van der Waals surface area contributed by atoms with Crippen LogP contribution >= 0.6 is 0 Å². The van der Waals surface area contributed by atoms with Gasteiger partial charge in [-0.1, -0.05) is 42.5 Å². The first-order valence-electron chi connectivity index (χ1n) is 6.93. The molecule has 1 aliphatic rings. The molecule has 0 atom stereocenters. The van der Waals surface area contributed by atoms with Crippen LogP contribution in [-0.2, 0) is 13.1 Å². The number of anilines is 1. The van der Waals surface area contributed by atoms with Gasteiger partial charge >= 0.3 is 0 Å². The second kappa shape index (κ2) is 5.45. The van der Waals surface area contributed by atoms with Crippen molar-refractivity contribution in [2.75, 3.05) is 5.73 Å². The Hall–Kier alpha value is -1.80. The fourth-order valence-electron chi connectivity index (χ4n) is 2.43. The van der Waals surface area contributed by atoms with Gasteiger partial charge in [0.25, 0.3) is 0 Å². The van der Waals surface area contributed by atoms with Gasteiger partial charge in [0.05, 0.1) is 0 Å². The van der Waals surface area contributed by atoms with Gasteiger partial charge in [0.2, 0.25) is 0 Å². The number of hydrogen-bond donors (Lipinski definition) is 1. The molecular formula is C17H20N2. The lowest BCUT2D eigenvalue weighted by molar-refractivity contribution is 0.246. The third-order valence-electron chi connectivity index (χ3n) is 3.66. The maximum Gasteiger partial charge on any atom is 0.0314 e. The zero-order valence-electron chi connectivity index (χ0n) is 11.1. The first-order chi connectivity index (χ1) is 9.31. The maximum absolute atomic E-state index is 5.74. The highest BCUT2D eigenvalue weighted by Crippen LogP contribution is 2.29. The minimum absolute atomic E-state index is 0.762. The first kappa shape index (κ1) is 12.2. The van der Waals surface area contributed by atoms with Crippen LogP contribution in [0.25, 0.3) is 0 Å². The van der Waals surface area contributed by atoms with Crippen molar-refractivity contribution in [3.05, 3.63) is 65.7 Å². The summed E-state index contributed by atoms with van der Waals surface area (Å²) in [6.45, 7) is 2.05. The van der Waals surface area contributed by atoms with E-state index >= 15 is 0 Å². The second-order valence-electron chi connectivity index (χ2n) is 5.36. The van der Waals surface area contributed by atoms with Crippen LogP contribution in [0.15, 0.2) is 54.6 Å². The summed E-state index contributed by atoms with van der Waals surface area (Å²) in [4.78, 5) is 2.57. The van der Waals surface area contributed by atoms with Crippen LogP contribution in [0.3, 0.4) is 0 Å². The molecule has 19 heavy (non-hydrogen) atoms. The number of nitrogens with zero attached hydrogens (tertiary/aromatic N) is 1. The lowest BCUT2D eigenvalue weighted by Crippen LogP contribution is -2.25. The second-order valence-corrected chi connectivity index (χ2v) is 5.36. The summed E-state index contributed by atoms with van der Waals surface area (Å²) < 4.78 is 0. The van der Waals surface area contributed by atoms with Crippen molar-refractivity contribution in [1.82, 2.24) is 4.90 Å². The Morgan fingerprint density at radius 3 is 2.00 bits per heavy atom. The molecule has 0 amide bonds. The number of benzene rings is 2. The Bertz CT molecular complexity index is 515. The summed E-state index contributed by atoms with van der Waals surface area (Å²) in [6, 6.07) is 19.7. The molecule has 2 aromatic carbocycles. The average Bonchev–Trinajstić information content (AvgIpc) is 3.26. The summed E-state index contributed by atoms with van der Waals surface area (Å²) in [6.07, 6.45) is 2.67. The molecule has 2 aromatic rings. The Kier molecular flexibility index (Phi) is 3.51. The summed E-state index contributed by atoms with van der Waals surface area (Å²) in [5.74, 6) is 0. The van der Waals surface area contributed by atoms with Gasteiger partial charge < -0.3 is 5.73 Å². The minimum Gasteiger partial charge on any atom is -0.399 e. The van der Waals surface area contributed by atoms with E-state index in [1.54, 1.807) is 0 Å². The van der Waals surface area contributed by atoms with Crippen LogP contribution < -0.4 is 5.73 Å². The highest BCUT2D eigenvalue weighted by Gasteiger charge is 2.28. The van der Waals surface area contributed by atoms with Gasteiger partial charge in [0, 0.05) is 24.8 Å². The lowest BCUT2D eigenvalue weighted by atomic mass is 10.1. The zero-order valence-corrected chi connectivity index (χ0v) is 11.1. The standard InChI is InChI=1S/C17H20N2/c18-16-8-6-15(7-9-16)13-19(17-10-11-17)12-14-4-2-1-3-5-14/h1-9,17H,10-13,18H2. The van der Waals surface area contributed by atoms with E-state index in [0.717, 1.165) is 24.8 Å². The van der Waals surface area contributed by atoms with Crippen LogP contribution in [0.4, 0.5) is 5.69 Å². The molecule has 2 N–H and O–H groups in total. The van der Waals surface area contributed by atoms with Crippen molar-refractivity contribution in [3.63, 3.8) is 0 Å². The van der Waals surface area contributed by atoms with Crippen LogP contribution in [-0.4, -0.2) is 10.9 Å². The molecule has 2 heteroatoms. The number of nitrogens with two attached hydrogens (primary N) is 1. The van der Waals surface area contributed by atoms with Crippen molar-refractivity contribution in [2.24, 2.45) is 0 Å². The Labute approximate surface area is 114 Å². The van der Waals surface area contributed by atoms with E-state index in [0.29, 0.717) is 0 Å². The molecule has 0 saturated heterocycles. The molecule has 0 spiro atoms. The molecule has 1 saturated carbocycles. The molecular weight excluding hydrogens is 232 g/mol. The summed E-state index contributed by atoms with van der Waals surface area (Å²) in [5, 5.41) is 0. The van der Waals surface area contributed by atoms with E-state index in [1.807, 2.05) is 12.1 Å². The van der Waals surface area contributed by atoms with Crippen LogP contribution in [0.1, 0.15) is 24.0 Å². The minimum atomic E-state index is 0.762. The van der Waals surface area contributed by atoms with E-state index in [9.17, 15) is 0 Å². The molecule has 0 radical (unpaired) electrons. The first-order valence-corrected chi connectivity index (χ1v) is 6.93. The molecule has 0 heterocycles. The predicted molar refractivity (Wildman–Crippen MR) is 79.6 cm³/mol. The van der Waals surface area contributed by atoms with E-state index in [-0.39, 0.29) is 0 Å². The maximum atomic E-state index is 5.74. The molecule has 0 aliphatic heterocycles. The predicted octanol–water partition coefficient (Wildman–Crippen LogP) is 3.43. The molecule has 3 rings (SSSR count). The van der Waals surface area contributed by atoms with Crippen molar-refractivity contribution in [1.29, 1.82) is 0 Å². The van der Waals surface area contributed by atoms with Crippen molar-refractivity contribution in [3.8, 4) is 0 Å². The lowest BCUT2D eigenvalue weighted by Gasteiger charge is -2.22. The van der Waals surface area contributed by atoms with Gasteiger partial charge in [-0.25, -0.2) is 0 Å². The van der Waals surface area contributed by atoms with E-state index in [2.05, 4.69) is 47.4 Å². The summed E-state index contributed by atoms with van der Waals surface area (Å²) in [5.41, 5.74) is 9.32. The van der Waals surface area contributed by atoms with Crippen LogP contribution in [0.5, 0.6) is 0 Å². The van der Waals surface area contributed by atoms with Gasteiger partial charge in [-0.2, -0.15) is 0 Å². The molecule has 0 unspecified atom stereocenters. The highest BCUT2D eigenvalue weighted by molar-refractivity contribution is 5.39. The van der Waals surface area contributed by atoms with Crippen molar-refractivity contribution >= 4 is 5.69 Å². The third kappa shape index (κ3) is 3.36. The molecule has 2 nitrogen and oxygen atoms in total. The third-order valence-corrected chi connectivity index (χ3v) is 3.66.